The Morgan fingerprint density at radius 3 is 1.31 bits per heavy atom. The van der Waals surface area contributed by atoms with E-state index in [1.165, 1.54) is 0 Å². The Kier molecular flexibility index (Phi) is 27.9. The summed E-state index contributed by atoms with van der Waals surface area (Å²) in [7, 11) is 0. The van der Waals surface area contributed by atoms with E-state index in [9.17, 15) is 4.79 Å². The molecule has 2 rings (SSSR count). The van der Waals surface area contributed by atoms with E-state index in [2.05, 4.69) is 76.0 Å². The molecule has 16 heteroatoms. The maximum Gasteiger partial charge on any atom is 0.225 e. The highest BCUT2D eigenvalue weighted by Crippen LogP contribution is 2.21. The maximum atomic E-state index is 13.1. The number of amides is 1. The van der Waals surface area contributed by atoms with Crippen molar-refractivity contribution in [3.63, 3.8) is 0 Å². The molecule has 0 radical (unpaired) electrons. The van der Waals surface area contributed by atoms with Crippen LogP contribution in [0.25, 0.3) is 0 Å². The van der Waals surface area contributed by atoms with Crippen LogP contribution in [0, 0.1) is 16.7 Å². The van der Waals surface area contributed by atoms with Crippen molar-refractivity contribution in [2.75, 3.05) is 119 Å². The topological polar surface area (TPSA) is 156 Å². The SMILES string of the molecule is CC(C)CCOCCOCCC(=O)N(CCOCCOCCOCCn1cc(CCC(C)(C)C)nn1)CCOCCOCCOCCn1cc(CCC(C)(C)C)nn1. The largest absolute Gasteiger partial charge is 0.379 e. The third-order valence-corrected chi connectivity index (χ3v) is 8.89. The quantitative estimate of drug-likeness (QED) is 0.0848. The molecule has 58 heavy (non-hydrogen) atoms. The lowest BCUT2D eigenvalue weighted by atomic mass is 9.90. The molecular weight excluding hydrogens is 747 g/mol. The first-order valence-electron chi connectivity index (χ1n) is 21.5. The zero-order valence-electron chi connectivity index (χ0n) is 37.4. The molecule has 0 aliphatic rings. The van der Waals surface area contributed by atoms with Gasteiger partial charge in [0.25, 0.3) is 0 Å². The summed E-state index contributed by atoms with van der Waals surface area (Å²) >= 11 is 0. The van der Waals surface area contributed by atoms with E-state index in [4.69, 9.17) is 37.9 Å². The first-order valence-corrected chi connectivity index (χ1v) is 21.5. The standard InChI is InChI=1S/C42H79N7O9/c1-37(2)11-19-51-25-26-52-20-12-40(50)47(15-21-53-27-31-57-33-29-55-23-17-48-35-38(43-45-48)9-13-41(3,4)5)16-22-54-28-32-58-34-30-56-24-18-49-36-39(44-46-49)10-14-42(6,7)8/h35-37H,9-34H2,1-8H3. The Morgan fingerprint density at radius 1 is 0.552 bits per heavy atom. The van der Waals surface area contributed by atoms with Crippen LogP contribution in [0.5, 0.6) is 0 Å². The summed E-state index contributed by atoms with van der Waals surface area (Å²) in [5.41, 5.74) is 2.58. The molecule has 0 aliphatic carbocycles. The lowest BCUT2D eigenvalue weighted by Crippen LogP contribution is -2.37. The third-order valence-electron chi connectivity index (χ3n) is 8.89. The molecule has 0 fully saturated rings. The number of ether oxygens (including phenoxy) is 8. The van der Waals surface area contributed by atoms with Crippen molar-refractivity contribution in [3.8, 4) is 0 Å². The van der Waals surface area contributed by atoms with Gasteiger partial charge in [-0.1, -0.05) is 65.8 Å². The van der Waals surface area contributed by atoms with Crippen molar-refractivity contribution < 1.29 is 42.7 Å². The van der Waals surface area contributed by atoms with Crippen LogP contribution in [-0.4, -0.2) is 160 Å². The van der Waals surface area contributed by atoms with Gasteiger partial charge >= 0.3 is 0 Å². The summed E-state index contributed by atoms with van der Waals surface area (Å²) in [6, 6.07) is 0. The highest BCUT2D eigenvalue weighted by Gasteiger charge is 2.15. The summed E-state index contributed by atoms with van der Waals surface area (Å²) in [6.07, 6.45) is 9.28. The van der Waals surface area contributed by atoms with Gasteiger partial charge in [0.05, 0.1) is 130 Å². The smallest absolute Gasteiger partial charge is 0.225 e. The van der Waals surface area contributed by atoms with Gasteiger partial charge < -0.3 is 42.8 Å². The van der Waals surface area contributed by atoms with Gasteiger partial charge in [0, 0.05) is 32.1 Å². The highest BCUT2D eigenvalue weighted by atomic mass is 16.6. The van der Waals surface area contributed by atoms with Crippen LogP contribution >= 0.6 is 0 Å². The summed E-state index contributed by atoms with van der Waals surface area (Å²) in [4.78, 5) is 14.8. The predicted octanol–water partition coefficient (Wildman–Crippen LogP) is 4.92. The van der Waals surface area contributed by atoms with Gasteiger partial charge in [0.15, 0.2) is 0 Å². The second-order valence-electron chi connectivity index (χ2n) is 17.3. The Labute approximate surface area is 349 Å². The van der Waals surface area contributed by atoms with E-state index < -0.39 is 0 Å². The third kappa shape index (κ3) is 29.6. The first kappa shape index (κ1) is 51.6. The van der Waals surface area contributed by atoms with Gasteiger partial charge in [0.2, 0.25) is 5.91 Å². The van der Waals surface area contributed by atoms with Crippen LogP contribution in [0.4, 0.5) is 0 Å². The number of rotatable bonds is 37. The molecule has 0 spiro atoms. The van der Waals surface area contributed by atoms with Crippen LogP contribution in [0.3, 0.4) is 0 Å². The van der Waals surface area contributed by atoms with Crippen molar-refractivity contribution in [1.82, 2.24) is 34.9 Å². The van der Waals surface area contributed by atoms with Crippen molar-refractivity contribution >= 4 is 5.91 Å². The number of hydrogen-bond donors (Lipinski definition) is 0. The lowest BCUT2D eigenvalue weighted by Gasteiger charge is -2.23. The second kappa shape index (κ2) is 31.3. The minimum Gasteiger partial charge on any atom is -0.379 e. The second-order valence-corrected chi connectivity index (χ2v) is 17.3. The zero-order chi connectivity index (χ0) is 42.3. The molecule has 16 nitrogen and oxygen atoms in total. The normalized spacial score (nSPS) is 12.3. The number of carbonyl (C=O) groups excluding carboxylic acids is 1. The molecule has 336 valence electrons. The van der Waals surface area contributed by atoms with Crippen LogP contribution in [0.1, 0.15) is 92.5 Å². The number of nitrogens with zero attached hydrogens (tertiary/aromatic N) is 7. The molecule has 0 bridgehead atoms. The van der Waals surface area contributed by atoms with Gasteiger partial charge in [-0.3, -0.25) is 4.79 Å². The van der Waals surface area contributed by atoms with E-state index in [-0.39, 0.29) is 23.2 Å². The fraction of sp³-hybridized carbons (Fsp3) is 0.881. The minimum atomic E-state index is -0.00577. The van der Waals surface area contributed by atoms with E-state index in [0.717, 1.165) is 50.1 Å². The highest BCUT2D eigenvalue weighted by molar-refractivity contribution is 5.76. The van der Waals surface area contributed by atoms with Crippen molar-refractivity contribution in [2.45, 2.75) is 107 Å². The maximum absolute atomic E-state index is 13.1. The fourth-order valence-electron chi connectivity index (χ4n) is 5.20. The average molecular weight is 826 g/mol. The Bertz CT molecular complexity index is 1200. The van der Waals surface area contributed by atoms with Gasteiger partial charge in [-0.2, -0.15) is 0 Å². The molecule has 0 saturated heterocycles. The number of aryl methyl sites for hydroxylation is 2. The predicted molar refractivity (Wildman–Crippen MR) is 223 cm³/mol. The summed E-state index contributed by atoms with van der Waals surface area (Å²) < 4.78 is 49.2. The Balaban J connectivity index is 1.54. The summed E-state index contributed by atoms with van der Waals surface area (Å²) in [5.74, 6) is 0.602. The molecule has 0 aliphatic heterocycles. The fourth-order valence-corrected chi connectivity index (χ4v) is 5.20. The molecule has 0 unspecified atom stereocenters. The van der Waals surface area contributed by atoms with Crippen molar-refractivity contribution in [1.29, 1.82) is 0 Å². The van der Waals surface area contributed by atoms with Crippen LogP contribution in [0.15, 0.2) is 12.4 Å². The number of hydrogen-bond acceptors (Lipinski definition) is 13. The van der Waals surface area contributed by atoms with Crippen LogP contribution < -0.4 is 0 Å². The molecule has 0 N–H and O–H groups in total. The first-order chi connectivity index (χ1) is 27.8. The molecule has 0 aromatic carbocycles. The lowest BCUT2D eigenvalue weighted by molar-refractivity contribution is -0.134. The van der Waals surface area contributed by atoms with Gasteiger partial charge in [-0.25, -0.2) is 9.36 Å². The summed E-state index contributed by atoms with van der Waals surface area (Å²) in [5, 5.41) is 16.9. The van der Waals surface area contributed by atoms with Crippen molar-refractivity contribution in [2.24, 2.45) is 16.7 Å². The number of aromatic nitrogens is 6. The van der Waals surface area contributed by atoms with Crippen molar-refractivity contribution in [3.05, 3.63) is 23.8 Å². The molecule has 1 amide bonds. The molecular formula is C42H79N7O9. The summed E-state index contributed by atoms with van der Waals surface area (Å²) in [6.45, 7) is 27.5. The van der Waals surface area contributed by atoms with Gasteiger partial charge in [-0.05, 0) is 48.9 Å². The van der Waals surface area contributed by atoms with Gasteiger partial charge in [-0.15, -0.1) is 10.2 Å². The van der Waals surface area contributed by atoms with E-state index in [0.29, 0.717) is 131 Å². The van der Waals surface area contributed by atoms with E-state index in [1.54, 1.807) is 4.90 Å². The average Bonchev–Trinajstić information content (AvgIpc) is 3.83. The van der Waals surface area contributed by atoms with Gasteiger partial charge in [0.1, 0.15) is 0 Å². The monoisotopic (exact) mass is 826 g/mol. The van der Waals surface area contributed by atoms with E-state index in [1.807, 2.05) is 21.8 Å². The Hall–Kier alpha value is -2.57. The molecule has 2 heterocycles. The molecule has 0 atom stereocenters. The molecule has 2 aromatic heterocycles. The molecule has 2 aromatic rings. The number of carbonyl (C=O) groups is 1. The zero-order valence-corrected chi connectivity index (χ0v) is 37.4. The minimum absolute atomic E-state index is 0.00577. The Morgan fingerprint density at radius 2 is 0.914 bits per heavy atom. The van der Waals surface area contributed by atoms with Crippen LogP contribution in [-0.2, 0) is 68.6 Å². The van der Waals surface area contributed by atoms with E-state index >= 15 is 0 Å². The molecule has 0 saturated carbocycles. The van der Waals surface area contributed by atoms with Crippen LogP contribution in [0.2, 0.25) is 0 Å².